The molecule has 0 N–H and O–H groups in total. The van der Waals surface area contributed by atoms with Gasteiger partial charge in [-0.25, -0.2) is 9.79 Å². The number of nitrogens with zero attached hydrogens (tertiary/aromatic N) is 1. The van der Waals surface area contributed by atoms with E-state index in [1.807, 2.05) is 0 Å². The molecule has 3 unspecified atom stereocenters. The molecule has 2 nitrogen and oxygen atoms in total. The molecular formula is C11H19NO. The van der Waals surface area contributed by atoms with E-state index in [1.54, 1.807) is 6.08 Å². The molecule has 0 aromatic heterocycles. The molecule has 0 radical (unpaired) electrons. The monoisotopic (exact) mass is 181 g/mol. The molecule has 1 saturated carbocycles. The zero-order valence-electron chi connectivity index (χ0n) is 8.79. The average molecular weight is 181 g/mol. The van der Waals surface area contributed by atoms with Crippen LogP contribution in [0.15, 0.2) is 4.99 Å². The van der Waals surface area contributed by atoms with Crippen LogP contribution < -0.4 is 0 Å². The first-order chi connectivity index (χ1) is 6.15. The maximum atomic E-state index is 10.2. The van der Waals surface area contributed by atoms with Gasteiger partial charge in [0.05, 0.1) is 6.04 Å². The van der Waals surface area contributed by atoms with E-state index in [1.165, 1.54) is 12.8 Å². The lowest BCUT2D eigenvalue weighted by Crippen LogP contribution is -2.28. The fourth-order valence-corrected chi connectivity index (χ4v) is 2.18. The van der Waals surface area contributed by atoms with Gasteiger partial charge < -0.3 is 0 Å². The molecule has 1 rings (SSSR count). The Hall–Kier alpha value is -0.620. The van der Waals surface area contributed by atoms with E-state index in [0.717, 1.165) is 18.3 Å². The number of carbonyl (C=O) groups excluding carboxylic acids is 1. The Kier molecular flexibility index (Phi) is 3.68. The number of hydrogen-bond donors (Lipinski definition) is 0. The third-order valence-corrected chi connectivity index (χ3v) is 3.36. The molecule has 0 aromatic carbocycles. The average Bonchev–Trinajstić information content (AvgIpc) is 2.08. The molecular weight excluding hydrogens is 162 g/mol. The third-order valence-electron chi connectivity index (χ3n) is 3.36. The third kappa shape index (κ3) is 2.67. The van der Waals surface area contributed by atoms with Crippen molar-refractivity contribution < 1.29 is 4.79 Å². The van der Waals surface area contributed by atoms with Crippen molar-refractivity contribution in [2.24, 2.45) is 22.7 Å². The molecule has 0 spiro atoms. The van der Waals surface area contributed by atoms with Crippen molar-refractivity contribution in [1.82, 2.24) is 0 Å². The molecule has 13 heavy (non-hydrogen) atoms. The van der Waals surface area contributed by atoms with E-state index in [-0.39, 0.29) is 6.04 Å². The summed E-state index contributed by atoms with van der Waals surface area (Å²) in [4.78, 5) is 14.1. The standard InChI is InChI=1S/C11H19NO/c1-8(2)10-5-4-9(3)11(6-10)12-7-13/h8-11H,4-6H2,1-3H3. The van der Waals surface area contributed by atoms with Crippen LogP contribution in [0.25, 0.3) is 0 Å². The van der Waals surface area contributed by atoms with E-state index in [9.17, 15) is 4.79 Å². The summed E-state index contributed by atoms with van der Waals surface area (Å²) in [5, 5.41) is 0. The van der Waals surface area contributed by atoms with Gasteiger partial charge in [0.2, 0.25) is 6.08 Å². The zero-order chi connectivity index (χ0) is 9.84. The Labute approximate surface area is 80.4 Å². The van der Waals surface area contributed by atoms with Crippen LogP contribution in [-0.2, 0) is 4.79 Å². The molecule has 0 bridgehead atoms. The maximum Gasteiger partial charge on any atom is 0.235 e. The van der Waals surface area contributed by atoms with Crippen molar-refractivity contribution in [2.45, 2.75) is 46.1 Å². The van der Waals surface area contributed by atoms with Crippen LogP contribution >= 0.6 is 0 Å². The second-order valence-corrected chi connectivity index (χ2v) is 4.58. The summed E-state index contributed by atoms with van der Waals surface area (Å²) in [7, 11) is 0. The van der Waals surface area contributed by atoms with Crippen molar-refractivity contribution in [2.75, 3.05) is 0 Å². The van der Waals surface area contributed by atoms with Crippen LogP contribution in [0.4, 0.5) is 0 Å². The fourth-order valence-electron chi connectivity index (χ4n) is 2.18. The quantitative estimate of drug-likeness (QED) is 0.476. The summed E-state index contributed by atoms with van der Waals surface area (Å²) in [6, 6.07) is 0.235. The summed E-state index contributed by atoms with van der Waals surface area (Å²) in [5.74, 6) is 2.03. The Morgan fingerprint density at radius 3 is 2.62 bits per heavy atom. The van der Waals surface area contributed by atoms with Gasteiger partial charge in [0, 0.05) is 0 Å². The molecule has 2 heteroatoms. The van der Waals surface area contributed by atoms with E-state index >= 15 is 0 Å². The smallest absolute Gasteiger partial charge is 0.211 e. The van der Waals surface area contributed by atoms with Gasteiger partial charge >= 0.3 is 0 Å². The van der Waals surface area contributed by atoms with Crippen molar-refractivity contribution in [1.29, 1.82) is 0 Å². The summed E-state index contributed by atoms with van der Waals surface area (Å²) in [5.41, 5.74) is 0. The van der Waals surface area contributed by atoms with Gasteiger partial charge in [-0.15, -0.1) is 0 Å². The fraction of sp³-hybridized carbons (Fsp3) is 0.909. The van der Waals surface area contributed by atoms with E-state index in [0.29, 0.717) is 5.92 Å². The van der Waals surface area contributed by atoms with E-state index < -0.39 is 0 Å². The topological polar surface area (TPSA) is 29.4 Å². The van der Waals surface area contributed by atoms with Crippen LogP contribution in [-0.4, -0.2) is 12.1 Å². The van der Waals surface area contributed by atoms with Gasteiger partial charge in [-0.2, -0.15) is 0 Å². The summed E-state index contributed by atoms with van der Waals surface area (Å²) < 4.78 is 0. The van der Waals surface area contributed by atoms with Gasteiger partial charge in [0.25, 0.3) is 0 Å². The SMILES string of the molecule is CC(C)C1CCC(C)C(N=C=O)C1. The molecule has 3 atom stereocenters. The minimum atomic E-state index is 0.235. The highest BCUT2D eigenvalue weighted by molar-refractivity contribution is 5.33. The van der Waals surface area contributed by atoms with E-state index in [4.69, 9.17) is 0 Å². The number of hydrogen-bond acceptors (Lipinski definition) is 2. The molecule has 0 heterocycles. The first-order valence-corrected chi connectivity index (χ1v) is 5.22. The highest BCUT2D eigenvalue weighted by Gasteiger charge is 2.28. The van der Waals surface area contributed by atoms with Crippen LogP contribution in [0.5, 0.6) is 0 Å². The largest absolute Gasteiger partial charge is 0.235 e. The molecule has 0 aromatic rings. The molecule has 1 aliphatic carbocycles. The maximum absolute atomic E-state index is 10.2. The van der Waals surface area contributed by atoms with Crippen LogP contribution in [0, 0.1) is 17.8 Å². The Bertz CT molecular complexity index is 206. The Morgan fingerprint density at radius 2 is 2.08 bits per heavy atom. The molecule has 0 aliphatic heterocycles. The van der Waals surface area contributed by atoms with Gasteiger partial charge in [0.15, 0.2) is 0 Å². The minimum Gasteiger partial charge on any atom is -0.211 e. The van der Waals surface area contributed by atoms with Gasteiger partial charge in [-0.05, 0) is 37.0 Å². The highest BCUT2D eigenvalue weighted by Crippen LogP contribution is 2.34. The molecule has 0 saturated heterocycles. The Balaban J connectivity index is 2.57. The Morgan fingerprint density at radius 1 is 1.38 bits per heavy atom. The second-order valence-electron chi connectivity index (χ2n) is 4.58. The molecule has 1 aliphatic rings. The number of aliphatic imine (C=N–C) groups is 1. The first-order valence-electron chi connectivity index (χ1n) is 5.22. The first kappa shape index (κ1) is 10.5. The number of rotatable bonds is 2. The van der Waals surface area contributed by atoms with Crippen molar-refractivity contribution >= 4 is 6.08 Å². The van der Waals surface area contributed by atoms with Crippen LogP contribution in [0.1, 0.15) is 40.0 Å². The summed E-state index contributed by atoms with van der Waals surface area (Å²) in [6.45, 7) is 6.69. The predicted octanol–water partition coefficient (Wildman–Crippen LogP) is 2.78. The normalized spacial score (nSPS) is 34.3. The number of isocyanates is 1. The van der Waals surface area contributed by atoms with Crippen molar-refractivity contribution in [3.63, 3.8) is 0 Å². The molecule has 1 fully saturated rings. The van der Waals surface area contributed by atoms with Crippen LogP contribution in [0.2, 0.25) is 0 Å². The van der Waals surface area contributed by atoms with E-state index in [2.05, 4.69) is 25.8 Å². The lowest BCUT2D eigenvalue weighted by molar-refractivity contribution is 0.207. The van der Waals surface area contributed by atoms with Gasteiger partial charge in [0.1, 0.15) is 0 Å². The molecule has 74 valence electrons. The summed E-state index contributed by atoms with van der Waals surface area (Å²) >= 11 is 0. The van der Waals surface area contributed by atoms with Crippen molar-refractivity contribution in [3.05, 3.63) is 0 Å². The minimum absolute atomic E-state index is 0.235. The van der Waals surface area contributed by atoms with Gasteiger partial charge in [-0.1, -0.05) is 20.8 Å². The van der Waals surface area contributed by atoms with Crippen LogP contribution in [0.3, 0.4) is 0 Å². The van der Waals surface area contributed by atoms with Crippen molar-refractivity contribution in [3.8, 4) is 0 Å². The molecule has 0 amide bonds. The lowest BCUT2D eigenvalue weighted by Gasteiger charge is -2.33. The lowest BCUT2D eigenvalue weighted by atomic mass is 9.75. The second kappa shape index (κ2) is 4.57. The summed E-state index contributed by atoms with van der Waals surface area (Å²) in [6.07, 6.45) is 5.28. The van der Waals surface area contributed by atoms with Gasteiger partial charge in [-0.3, -0.25) is 0 Å². The highest BCUT2D eigenvalue weighted by atomic mass is 16.1. The predicted molar refractivity (Wildman–Crippen MR) is 53.3 cm³/mol. The zero-order valence-corrected chi connectivity index (χ0v) is 8.79.